The van der Waals surface area contributed by atoms with Crippen molar-refractivity contribution in [2.75, 3.05) is 5.75 Å². The van der Waals surface area contributed by atoms with Gasteiger partial charge in [0.1, 0.15) is 11.6 Å². The van der Waals surface area contributed by atoms with E-state index in [0.29, 0.717) is 11.1 Å². The maximum absolute atomic E-state index is 11.4. The quantitative estimate of drug-likeness (QED) is 0.504. The van der Waals surface area contributed by atoms with Crippen LogP contribution in [0.2, 0.25) is 0 Å². The van der Waals surface area contributed by atoms with Crippen molar-refractivity contribution < 1.29 is 18.3 Å². The van der Waals surface area contributed by atoms with Gasteiger partial charge in [-0.1, -0.05) is 18.2 Å². The lowest BCUT2D eigenvalue weighted by atomic mass is 10.1. The number of hydrogen-bond donors (Lipinski definition) is 3. The highest BCUT2D eigenvalue weighted by Gasteiger charge is 2.16. The zero-order valence-corrected chi connectivity index (χ0v) is 9.70. The summed E-state index contributed by atoms with van der Waals surface area (Å²) in [5.74, 6) is -2.83. The van der Waals surface area contributed by atoms with Gasteiger partial charge in [-0.2, -0.15) is 0 Å². The zero-order valence-electron chi connectivity index (χ0n) is 8.88. The smallest absolute Gasteiger partial charge is 0.318 e. The number of hydrogen-bond acceptors (Lipinski definition) is 4. The van der Waals surface area contributed by atoms with Gasteiger partial charge in [0.15, 0.2) is 9.84 Å². The summed E-state index contributed by atoms with van der Waals surface area (Å²) < 4.78 is 22.9. The van der Waals surface area contributed by atoms with Gasteiger partial charge in [-0.05, 0) is 11.6 Å². The van der Waals surface area contributed by atoms with Crippen molar-refractivity contribution in [3.8, 4) is 0 Å². The first-order valence-electron chi connectivity index (χ1n) is 4.66. The number of carboxylic acid groups (broad SMARTS) is 1. The van der Waals surface area contributed by atoms with E-state index in [1.807, 2.05) is 0 Å². The van der Waals surface area contributed by atoms with E-state index < -0.39 is 21.6 Å². The molecule has 92 valence electrons. The minimum absolute atomic E-state index is 0.164. The molecule has 0 radical (unpaired) electrons. The van der Waals surface area contributed by atoms with Gasteiger partial charge in [0.2, 0.25) is 0 Å². The van der Waals surface area contributed by atoms with Crippen molar-refractivity contribution in [1.29, 1.82) is 5.41 Å². The number of nitrogens with one attached hydrogen (secondary N) is 1. The highest BCUT2D eigenvalue weighted by atomic mass is 32.2. The van der Waals surface area contributed by atoms with Crippen molar-refractivity contribution in [1.82, 2.24) is 0 Å². The highest BCUT2D eigenvalue weighted by Crippen LogP contribution is 2.09. The van der Waals surface area contributed by atoms with Crippen LogP contribution in [0.5, 0.6) is 0 Å². The third-order valence-corrected chi connectivity index (χ3v) is 3.43. The molecule has 1 aromatic rings. The molecule has 0 heterocycles. The summed E-state index contributed by atoms with van der Waals surface area (Å²) in [6.07, 6.45) is 0. The lowest BCUT2D eigenvalue weighted by Gasteiger charge is -2.04. The lowest BCUT2D eigenvalue weighted by Crippen LogP contribution is -2.17. The summed E-state index contributed by atoms with van der Waals surface area (Å²) in [7, 11) is -3.69. The average Bonchev–Trinajstić information content (AvgIpc) is 2.14. The molecule has 1 aromatic carbocycles. The number of benzene rings is 1. The van der Waals surface area contributed by atoms with E-state index in [0.717, 1.165) is 0 Å². The number of aliphatic carboxylic acids is 1. The SMILES string of the molecule is N=C(N)c1cccc(CS(=O)(=O)CC(=O)O)c1. The second-order valence-electron chi connectivity index (χ2n) is 3.54. The Hall–Kier alpha value is -1.89. The third kappa shape index (κ3) is 4.23. The molecule has 0 amide bonds. The molecule has 0 unspecified atom stereocenters. The summed E-state index contributed by atoms with van der Waals surface area (Å²) in [6.45, 7) is 0. The first-order valence-corrected chi connectivity index (χ1v) is 6.48. The minimum atomic E-state index is -3.69. The fraction of sp³-hybridized carbons (Fsp3) is 0.200. The van der Waals surface area contributed by atoms with Gasteiger partial charge in [-0.3, -0.25) is 10.2 Å². The summed E-state index contributed by atoms with van der Waals surface area (Å²) in [4.78, 5) is 10.3. The molecule has 0 fully saturated rings. The Morgan fingerprint density at radius 3 is 2.59 bits per heavy atom. The molecule has 17 heavy (non-hydrogen) atoms. The highest BCUT2D eigenvalue weighted by molar-refractivity contribution is 7.91. The van der Waals surface area contributed by atoms with Crippen LogP contribution >= 0.6 is 0 Å². The van der Waals surface area contributed by atoms with Gasteiger partial charge in [-0.25, -0.2) is 8.42 Å². The number of carbonyl (C=O) groups is 1. The van der Waals surface area contributed by atoms with Crippen LogP contribution in [0.15, 0.2) is 24.3 Å². The second-order valence-corrected chi connectivity index (χ2v) is 5.60. The van der Waals surface area contributed by atoms with Gasteiger partial charge in [-0.15, -0.1) is 0 Å². The summed E-state index contributed by atoms with van der Waals surface area (Å²) in [5, 5.41) is 15.6. The van der Waals surface area contributed by atoms with Gasteiger partial charge < -0.3 is 10.8 Å². The Morgan fingerprint density at radius 2 is 2.06 bits per heavy atom. The van der Waals surface area contributed by atoms with Crippen LogP contribution in [-0.2, 0) is 20.4 Å². The molecule has 0 aliphatic heterocycles. The van der Waals surface area contributed by atoms with Crippen molar-refractivity contribution >= 4 is 21.6 Å². The Morgan fingerprint density at radius 1 is 1.41 bits per heavy atom. The molecule has 7 heteroatoms. The molecule has 0 aliphatic rings. The summed E-state index contributed by atoms with van der Waals surface area (Å²) in [5.41, 5.74) is 6.09. The van der Waals surface area contributed by atoms with Crippen LogP contribution in [0, 0.1) is 5.41 Å². The fourth-order valence-electron chi connectivity index (χ4n) is 1.32. The molecule has 6 nitrogen and oxygen atoms in total. The molecular weight excluding hydrogens is 244 g/mol. The van der Waals surface area contributed by atoms with Crippen molar-refractivity contribution in [2.45, 2.75) is 5.75 Å². The van der Waals surface area contributed by atoms with Gasteiger partial charge in [0.25, 0.3) is 0 Å². The third-order valence-electron chi connectivity index (χ3n) is 1.97. The molecule has 0 aromatic heterocycles. The number of carboxylic acids is 1. The van der Waals surface area contributed by atoms with E-state index in [4.69, 9.17) is 16.2 Å². The van der Waals surface area contributed by atoms with E-state index in [1.54, 1.807) is 18.2 Å². The van der Waals surface area contributed by atoms with Crippen LogP contribution in [0.1, 0.15) is 11.1 Å². The molecule has 0 spiro atoms. The molecule has 0 aliphatic carbocycles. The fourth-order valence-corrected chi connectivity index (χ4v) is 2.49. The Labute approximate surface area is 98.5 Å². The largest absolute Gasteiger partial charge is 0.480 e. The van der Waals surface area contributed by atoms with E-state index in [1.165, 1.54) is 6.07 Å². The maximum Gasteiger partial charge on any atom is 0.318 e. The molecule has 0 bridgehead atoms. The van der Waals surface area contributed by atoms with E-state index >= 15 is 0 Å². The first kappa shape index (κ1) is 13.2. The van der Waals surface area contributed by atoms with Crippen LogP contribution in [-0.4, -0.2) is 31.1 Å². The number of nitrogen functional groups attached to an aromatic ring is 1. The van der Waals surface area contributed by atoms with Crippen LogP contribution in [0.4, 0.5) is 0 Å². The second kappa shape index (κ2) is 4.96. The maximum atomic E-state index is 11.4. The van der Waals surface area contributed by atoms with Crippen LogP contribution in [0.25, 0.3) is 0 Å². The van der Waals surface area contributed by atoms with Gasteiger partial charge in [0, 0.05) is 5.56 Å². The zero-order chi connectivity index (χ0) is 13.1. The first-order chi connectivity index (χ1) is 7.80. The van der Waals surface area contributed by atoms with Gasteiger partial charge >= 0.3 is 5.97 Å². The summed E-state index contributed by atoms with van der Waals surface area (Å²) >= 11 is 0. The number of rotatable bonds is 5. The monoisotopic (exact) mass is 256 g/mol. The Kier molecular flexibility index (Phi) is 3.84. The van der Waals surface area contributed by atoms with E-state index in [9.17, 15) is 13.2 Å². The molecule has 4 N–H and O–H groups in total. The van der Waals surface area contributed by atoms with Crippen molar-refractivity contribution in [3.63, 3.8) is 0 Å². The van der Waals surface area contributed by atoms with Crippen LogP contribution in [0.3, 0.4) is 0 Å². The lowest BCUT2D eigenvalue weighted by molar-refractivity contribution is -0.134. The average molecular weight is 256 g/mol. The number of nitrogens with two attached hydrogens (primary N) is 1. The predicted octanol–water partition coefficient (Wildman–Crippen LogP) is -0.0299. The molecule has 0 saturated carbocycles. The standard InChI is InChI=1S/C10H12N2O4S/c11-10(12)8-3-1-2-7(4-8)5-17(15,16)6-9(13)14/h1-4H,5-6H2,(H3,11,12)(H,13,14). The normalized spacial score (nSPS) is 11.1. The number of sulfone groups is 1. The topological polar surface area (TPSA) is 121 Å². The molecular formula is C10H12N2O4S. The van der Waals surface area contributed by atoms with Crippen molar-refractivity contribution in [2.24, 2.45) is 5.73 Å². The van der Waals surface area contributed by atoms with Crippen molar-refractivity contribution in [3.05, 3.63) is 35.4 Å². The van der Waals surface area contributed by atoms with Crippen LogP contribution < -0.4 is 5.73 Å². The van der Waals surface area contributed by atoms with E-state index in [2.05, 4.69) is 0 Å². The molecule has 1 rings (SSSR count). The van der Waals surface area contributed by atoms with E-state index in [-0.39, 0.29) is 11.6 Å². The molecule has 0 saturated heterocycles. The molecule has 0 atom stereocenters. The Balaban J connectivity index is 2.92. The van der Waals surface area contributed by atoms with Gasteiger partial charge in [0.05, 0.1) is 5.75 Å². The number of amidine groups is 1. The predicted molar refractivity (Wildman–Crippen MR) is 62.6 cm³/mol. The minimum Gasteiger partial charge on any atom is -0.480 e. The Bertz CT molecular complexity index is 551. The summed E-state index contributed by atoms with van der Waals surface area (Å²) in [6, 6.07) is 6.16.